The second-order valence-corrected chi connectivity index (χ2v) is 4.00. The fourth-order valence-electron chi connectivity index (χ4n) is 1.36. The SMILES string of the molecule is COC(C)(C)OCC1=CCCCC1. The van der Waals surface area contributed by atoms with Crippen LogP contribution < -0.4 is 0 Å². The Bertz CT molecular complexity index is 183. The van der Waals surface area contributed by atoms with Crippen LogP contribution >= 0.6 is 0 Å². The number of ether oxygens (including phenoxy) is 2. The van der Waals surface area contributed by atoms with Gasteiger partial charge < -0.3 is 9.47 Å². The average molecular weight is 184 g/mol. The highest BCUT2D eigenvalue weighted by Gasteiger charge is 2.17. The number of methoxy groups -OCH3 is 1. The van der Waals surface area contributed by atoms with Crippen LogP contribution in [0.5, 0.6) is 0 Å². The topological polar surface area (TPSA) is 18.5 Å². The van der Waals surface area contributed by atoms with Crippen molar-refractivity contribution in [2.75, 3.05) is 13.7 Å². The maximum Gasteiger partial charge on any atom is 0.162 e. The minimum Gasteiger partial charge on any atom is -0.354 e. The molecule has 2 nitrogen and oxygen atoms in total. The van der Waals surface area contributed by atoms with Crippen molar-refractivity contribution in [3.05, 3.63) is 11.6 Å². The molecule has 1 aliphatic carbocycles. The molecule has 2 heteroatoms. The highest BCUT2D eigenvalue weighted by Crippen LogP contribution is 2.19. The largest absolute Gasteiger partial charge is 0.354 e. The smallest absolute Gasteiger partial charge is 0.162 e. The predicted octanol–water partition coefficient (Wildman–Crippen LogP) is 2.89. The van der Waals surface area contributed by atoms with Crippen molar-refractivity contribution in [3.8, 4) is 0 Å². The lowest BCUT2D eigenvalue weighted by molar-refractivity contribution is -0.191. The van der Waals surface area contributed by atoms with Crippen molar-refractivity contribution >= 4 is 0 Å². The quantitative estimate of drug-likeness (QED) is 0.494. The maximum atomic E-state index is 5.63. The first-order chi connectivity index (χ1) is 6.14. The second-order valence-electron chi connectivity index (χ2n) is 4.00. The zero-order chi connectivity index (χ0) is 9.73. The summed E-state index contributed by atoms with van der Waals surface area (Å²) in [6.07, 6.45) is 7.35. The van der Waals surface area contributed by atoms with E-state index < -0.39 is 5.79 Å². The van der Waals surface area contributed by atoms with Gasteiger partial charge in [0.05, 0.1) is 6.61 Å². The van der Waals surface area contributed by atoms with Crippen molar-refractivity contribution in [3.63, 3.8) is 0 Å². The zero-order valence-electron chi connectivity index (χ0n) is 8.93. The third-order valence-corrected chi connectivity index (χ3v) is 2.48. The molecule has 0 aromatic rings. The molecule has 0 spiro atoms. The zero-order valence-corrected chi connectivity index (χ0v) is 8.93. The van der Waals surface area contributed by atoms with E-state index in [1.54, 1.807) is 7.11 Å². The van der Waals surface area contributed by atoms with E-state index in [2.05, 4.69) is 6.08 Å². The van der Waals surface area contributed by atoms with Crippen molar-refractivity contribution in [2.24, 2.45) is 0 Å². The molecule has 13 heavy (non-hydrogen) atoms. The molecule has 0 saturated carbocycles. The van der Waals surface area contributed by atoms with E-state index in [0.29, 0.717) is 0 Å². The number of rotatable bonds is 4. The Labute approximate surface area is 80.9 Å². The second kappa shape index (κ2) is 4.77. The van der Waals surface area contributed by atoms with E-state index >= 15 is 0 Å². The fourth-order valence-corrected chi connectivity index (χ4v) is 1.36. The van der Waals surface area contributed by atoms with Crippen LogP contribution in [0.1, 0.15) is 39.5 Å². The summed E-state index contributed by atoms with van der Waals surface area (Å²) in [5.74, 6) is -0.446. The molecule has 0 aliphatic heterocycles. The summed E-state index contributed by atoms with van der Waals surface area (Å²) in [5, 5.41) is 0. The van der Waals surface area contributed by atoms with Crippen molar-refractivity contribution < 1.29 is 9.47 Å². The molecular formula is C11H20O2. The molecule has 0 N–H and O–H groups in total. The number of hydrogen-bond donors (Lipinski definition) is 0. The first-order valence-electron chi connectivity index (χ1n) is 5.01. The third-order valence-electron chi connectivity index (χ3n) is 2.48. The first-order valence-corrected chi connectivity index (χ1v) is 5.01. The number of hydrogen-bond acceptors (Lipinski definition) is 2. The Morgan fingerprint density at radius 2 is 2.15 bits per heavy atom. The Kier molecular flexibility index (Phi) is 3.94. The minimum absolute atomic E-state index is 0.446. The van der Waals surface area contributed by atoms with E-state index in [0.717, 1.165) is 6.61 Å². The van der Waals surface area contributed by atoms with Gasteiger partial charge in [-0.05, 0) is 45.1 Å². The van der Waals surface area contributed by atoms with Crippen LogP contribution in [0.4, 0.5) is 0 Å². The van der Waals surface area contributed by atoms with Gasteiger partial charge in [0.1, 0.15) is 0 Å². The maximum absolute atomic E-state index is 5.63. The molecule has 0 amide bonds. The molecule has 0 aromatic carbocycles. The van der Waals surface area contributed by atoms with Gasteiger partial charge in [-0.3, -0.25) is 0 Å². The standard InChI is InChI=1S/C11H20O2/c1-11(2,12-3)13-9-10-7-5-4-6-8-10/h7H,4-6,8-9H2,1-3H3. The van der Waals surface area contributed by atoms with Gasteiger partial charge in [0.25, 0.3) is 0 Å². The average Bonchev–Trinajstić information content (AvgIpc) is 2.17. The summed E-state index contributed by atoms with van der Waals surface area (Å²) in [4.78, 5) is 0. The first kappa shape index (κ1) is 10.7. The Morgan fingerprint density at radius 1 is 1.38 bits per heavy atom. The van der Waals surface area contributed by atoms with Gasteiger partial charge in [-0.15, -0.1) is 0 Å². The van der Waals surface area contributed by atoms with Gasteiger partial charge in [-0.2, -0.15) is 0 Å². The molecule has 0 unspecified atom stereocenters. The van der Waals surface area contributed by atoms with Gasteiger partial charge in [-0.25, -0.2) is 0 Å². The normalized spacial score (nSPS) is 18.5. The monoisotopic (exact) mass is 184 g/mol. The molecule has 0 aromatic heterocycles. The van der Waals surface area contributed by atoms with Gasteiger partial charge in [0.15, 0.2) is 5.79 Å². The van der Waals surface area contributed by atoms with Gasteiger partial charge in [0.2, 0.25) is 0 Å². The van der Waals surface area contributed by atoms with E-state index in [1.807, 2.05) is 13.8 Å². The molecular weight excluding hydrogens is 164 g/mol. The van der Waals surface area contributed by atoms with Crippen LogP contribution in [-0.4, -0.2) is 19.5 Å². The Morgan fingerprint density at radius 3 is 2.69 bits per heavy atom. The van der Waals surface area contributed by atoms with Gasteiger partial charge in [-0.1, -0.05) is 6.08 Å². The molecule has 0 fully saturated rings. The summed E-state index contributed by atoms with van der Waals surface area (Å²) in [6, 6.07) is 0. The Hall–Kier alpha value is -0.340. The van der Waals surface area contributed by atoms with E-state index in [1.165, 1.54) is 31.3 Å². The molecule has 1 aliphatic rings. The van der Waals surface area contributed by atoms with Crippen LogP contribution in [0, 0.1) is 0 Å². The summed E-state index contributed by atoms with van der Waals surface area (Å²) < 4.78 is 10.8. The lowest BCUT2D eigenvalue weighted by Gasteiger charge is -2.25. The van der Waals surface area contributed by atoms with Crippen molar-refractivity contribution in [1.29, 1.82) is 0 Å². The molecule has 0 atom stereocenters. The lowest BCUT2D eigenvalue weighted by atomic mass is 10.0. The minimum atomic E-state index is -0.446. The summed E-state index contributed by atoms with van der Waals surface area (Å²) in [6.45, 7) is 4.60. The molecule has 76 valence electrons. The van der Waals surface area contributed by atoms with Crippen LogP contribution in [-0.2, 0) is 9.47 Å². The molecule has 0 heterocycles. The lowest BCUT2D eigenvalue weighted by Crippen LogP contribution is -2.27. The van der Waals surface area contributed by atoms with Crippen molar-refractivity contribution in [1.82, 2.24) is 0 Å². The van der Waals surface area contributed by atoms with E-state index in [4.69, 9.17) is 9.47 Å². The van der Waals surface area contributed by atoms with E-state index in [9.17, 15) is 0 Å². The van der Waals surface area contributed by atoms with Crippen molar-refractivity contribution in [2.45, 2.75) is 45.3 Å². The fraction of sp³-hybridized carbons (Fsp3) is 0.818. The van der Waals surface area contributed by atoms with Crippen LogP contribution in [0.2, 0.25) is 0 Å². The van der Waals surface area contributed by atoms with Crippen LogP contribution in [0.15, 0.2) is 11.6 Å². The van der Waals surface area contributed by atoms with Gasteiger partial charge >= 0.3 is 0 Å². The highest BCUT2D eigenvalue weighted by atomic mass is 16.7. The summed E-state index contributed by atoms with van der Waals surface area (Å²) in [5.41, 5.74) is 1.43. The van der Waals surface area contributed by atoms with Crippen LogP contribution in [0.3, 0.4) is 0 Å². The summed E-state index contributed by atoms with van der Waals surface area (Å²) >= 11 is 0. The van der Waals surface area contributed by atoms with Gasteiger partial charge in [0, 0.05) is 7.11 Å². The molecule has 0 bridgehead atoms. The molecule has 1 rings (SSSR count). The predicted molar refractivity (Wildman–Crippen MR) is 53.6 cm³/mol. The molecule has 0 saturated heterocycles. The highest BCUT2D eigenvalue weighted by molar-refractivity contribution is 5.05. The number of allylic oxidation sites excluding steroid dienone is 1. The Balaban J connectivity index is 2.29. The van der Waals surface area contributed by atoms with Crippen LogP contribution in [0.25, 0.3) is 0 Å². The summed E-state index contributed by atoms with van der Waals surface area (Å²) in [7, 11) is 1.68. The molecule has 0 radical (unpaired) electrons. The van der Waals surface area contributed by atoms with E-state index in [-0.39, 0.29) is 0 Å². The third kappa shape index (κ3) is 3.92.